The fourth-order valence-electron chi connectivity index (χ4n) is 4.13. The Morgan fingerprint density at radius 3 is 2.26 bits per heavy atom. The molecule has 0 amide bonds. The number of hydroxylamine groups is 1. The van der Waals surface area contributed by atoms with E-state index in [1.54, 1.807) is 5.57 Å². The molecule has 0 saturated heterocycles. The van der Waals surface area contributed by atoms with Crippen molar-refractivity contribution in [2.45, 2.75) is 90.4 Å². The van der Waals surface area contributed by atoms with Crippen LogP contribution in [0.1, 0.15) is 72.3 Å². The quantitative estimate of drug-likeness (QED) is 0.636. The van der Waals surface area contributed by atoms with Gasteiger partial charge < -0.3 is 5.32 Å². The van der Waals surface area contributed by atoms with Gasteiger partial charge in [0.2, 0.25) is 0 Å². The van der Waals surface area contributed by atoms with E-state index >= 15 is 0 Å². The number of hydrogen-bond donors (Lipinski definition) is 2. The van der Waals surface area contributed by atoms with E-state index in [2.05, 4.69) is 81.8 Å². The van der Waals surface area contributed by atoms with E-state index in [1.807, 2.05) is 0 Å². The molecule has 2 N–H and O–H groups in total. The zero-order valence-corrected chi connectivity index (χ0v) is 17.8. The minimum atomic E-state index is -0.116. The SMILES string of the molecule is CC(C)/C(=C\c1ccccc1)[C@H]1C[C@@H]1N[C@H]1CC[C@H](NOC(C)(C)C)CC1. The molecule has 2 saturated carbocycles. The van der Waals surface area contributed by atoms with Crippen LogP contribution in [0.3, 0.4) is 0 Å². The summed E-state index contributed by atoms with van der Waals surface area (Å²) < 4.78 is 0. The molecule has 0 radical (unpaired) electrons. The monoisotopic (exact) mass is 370 g/mol. The molecule has 1 aromatic rings. The van der Waals surface area contributed by atoms with E-state index in [9.17, 15) is 0 Å². The lowest BCUT2D eigenvalue weighted by atomic mass is 9.91. The average molecular weight is 371 g/mol. The minimum absolute atomic E-state index is 0.116. The van der Waals surface area contributed by atoms with Gasteiger partial charge in [0.15, 0.2) is 0 Å². The molecule has 0 heterocycles. The van der Waals surface area contributed by atoms with E-state index in [0.29, 0.717) is 30.0 Å². The summed E-state index contributed by atoms with van der Waals surface area (Å²) in [5.41, 5.74) is 6.10. The van der Waals surface area contributed by atoms with Gasteiger partial charge >= 0.3 is 0 Å². The summed E-state index contributed by atoms with van der Waals surface area (Å²) in [5, 5.41) is 3.95. The molecule has 3 heteroatoms. The first kappa shape index (κ1) is 20.6. The summed E-state index contributed by atoms with van der Waals surface area (Å²) in [6, 6.07) is 12.6. The molecule has 0 spiro atoms. The maximum Gasteiger partial charge on any atom is 0.0813 e. The van der Waals surface area contributed by atoms with Crippen LogP contribution in [0.2, 0.25) is 0 Å². The fraction of sp³-hybridized carbons (Fsp3) is 0.667. The summed E-state index contributed by atoms with van der Waals surface area (Å²) in [6.45, 7) is 10.9. The number of benzene rings is 1. The standard InChI is InChI=1S/C24H38N2O/c1-17(2)21(15-18-9-7-6-8-10-18)22-16-23(22)25-19-11-13-20(14-12-19)26-27-24(3,4)5/h6-10,15,17,19-20,22-23,25-26H,11-14,16H2,1-5H3/b21-15+/t19-,20-,22-,23+/m1/s1. The molecule has 1 aromatic carbocycles. The zero-order valence-electron chi connectivity index (χ0n) is 17.8. The van der Waals surface area contributed by atoms with Crippen LogP contribution in [0.5, 0.6) is 0 Å². The Morgan fingerprint density at radius 2 is 1.67 bits per heavy atom. The van der Waals surface area contributed by atoms with Crippen LogP contribution in [-0.4, -0.2) is 23.7 Å². The molecular formula is C24H38N2O. The third-order valence-electron chi connectivity index (χ3n) is 5.73. The summed E-state index contributed by atoms with van der Waals surface area (Å²) in [4.78, 5) is 5.75. The molecule has 0 unspecified atom stereocenters. The van der Waals surface area contributed by atoms with Gasteiger partial charge in [-0.1, -0.05) is 55.8 Å². The molecule has 0 aliphatic heterocycles. The van der Waals surface area contributed by atoms with Crippen molar-refractivity contribution in [1.82, 2.24) is 10.8 Å². The first-order chi connectivity index (χ1) is 12.8. The Morgan fingerprint density at radius 1 is 1.04 bits per heavy atom. The van der Waals surface area contributed by atoms with Crippen molar-refractivity contribution >= 4 is 6.08 Å². The van der Waals surface area contributed by atoms with Crippen molar-refractivity contribution in [1.29, 1.82) is 0 Å². The van der Waals surface area contributed by atoms with Crippen molar-refractivity contribution in [2.75, 3.05) is 0 Å². The maximum atomic E-state index is 5.75. The second-order valence-electron chi connectivity index (χ2n) is 9.71. The second kappa shape index (κ2) is 8.89. The molecule has 0 aromatic heterocycles. The molecule has 150 valence electrons. The van der Waals surface area contributed by atoms with E-state index in [4.69, 9.17) is 4.84 Å². The van der Waals surface area contributed by atoms with E-state index in [1.165, 1.54) is 37.7 Å². The molecule has 2 aliphatic carbocycles. The average Bonchev–Trinajstić information content (AvgIpc) is 3.38. The van der Waals surface area contributed by atoms with Crippen LogP contribution in [0.4, 0.5) is 0 Å². The highest BCUT2D eigenvalue weighted by atomic mass is 16.7. The first-order valence-electron chi connectivity index (χ1n) is 10.8. The summed E-state index contributed by atoms with van der Waals surface area (Å²) >= 11 is 0. The fourth-order valence-corrected chi connectivity index (χ4v) is 4.13. The molecule has 2 aliphatic rings. The van der Waals surface area contributed by atoms with Gasteiger partial charge in [0.05, 0.1) is 5.60 Å². The van der Waals surface area contributed by atoms with Crippen molar-refractivity contribution in [3.05, 3.63) is 41.5 Å². The molecular weight excluding hydrogens is 332 g/mol. The topological polar surface area (TPSA) is 33.3 Å². The predicted molar refractivity (Wildman–Crippen MR) is 114 cm³/mol. The Labute approximate surface area is 165 Å². The van der Waals surface area contributed by atoms with Gasteiger partial charge in [-0.2, -0.15) is 5.48 Å². The Balaban J connectivity index is 1.46. The van der Waals surface area contributed by atoms with Crippen LogP contribution >= 0.6 is 0 Å². The van der Waals surface area contributed by atoms with Crippen molar-refractivity contribution in [2.24, 2.45) is 11.8 Å². The Hall–Kier alpha value is -1.16. The Kier molecular flexibility index (Phi) is 6.78. The van der Waals surface area contributed by atoms with Crippen LogP contribution in [-0.2, 0) is 4.84 Å². The lowest BCUT2D eigenvalue weighted by Crippen LogP contribution is -2.43. The van der Waals surface area contributed by atoms with Gasteiger partial charge in [-0.15, -0.1) is 0 Å². The highest BCUT2D eigenvalue weighted by Gasteiger charge is 2.41. The highest BCUT2D eigenvalue weighted by molar-refractivity contribution is 5.55. The third kappa shape index (κ3) is 6.44. The first-order valence-corrected chi connectivity index (χ1v) is 10.8. The molecule has 0 bridgehead atoms. The summed E-state index contributed by atoms with van der Waals surface area (Å²) in [5.74, 6) is 1.32. The van der Waals surface area contributed by atoms with Gasteiger partial charge in [0.25, 0.3) is 0 Å². The van der Waals surface area contributed by atoms with Crippen molar-refractivity contribution in [3.8, 4) is 0 Å². The van der Waals surface area contributed by atoms with Gasteiger partial charge in [0.1, 0.15) is 0 Å². The Bertz CT molecular complexity index is 609. The number of nitrogens with one attached hydrogen (secondary N) is 2. The van der Waals surface area contributed by atoms with E-state index in [-0.39, 0.29) is 5.60 Å². The number of rotatable bonds is 7. The van der Waals surface area contributed by atoms with Crippen LogP contribution in [0.15, 0.2) is 35.9 Å². The van der Waals surface area contributed by atoms with Crippen LogP contribution < -0.4 is 10.8 Å². The predicted octanol–water partition coefficient (Wildman–Crippen LogP) is 5.34. The molecule has 2 fully saturated rings. The van der Waals surface area contributed by atoms with Crippen LogP contribution in [0, 0.1) is 11.8 Å². The van der Waals surface area contributed by atoms with Gasteiger partial charge in [-0.05, 0) is 70.3 Å². The van der Waals surface area contributed by atoms with E-state index in [0.717, 1.165) is 0 Å². The second-order valence-corrected chi connectivity index (χ2v) is 9.71. The van der Waals surface area contributed by atoms with Crippen molar-refractivity contribution in [3.63, 3.8) is 0 Å². The molecule has 3 rings (SSSR count). The molecule has 2 atom stereocenters. The minimum Gasteiger partial charge on any atom is -0.311 e. The van der Waals surface area contributed by atoms with Gasteiger partial charge in [-0.3, -0.25) is 4.84 Å². The molecule has 3 nitrogen and oxygen atoms in total. The summed E-state index contributed by atoms with van der Waals surface area (Å²) in [6.07, 6.45) is 8.59. The van der Waals surface area contributed by atoms with Gasteiger partial charge in [-0.25, -0.2) is 0 Å². The largest absolute Gasteiger partial charge is 0.311 e. The lowest BCUT2D eigenvalue weighted by molar-refractivity contribution is -0.0933. The van der Waals surface area contributed by atoms with Crippen LogP contribution in [0.25, 0.3) is 6.08 Å². The normalized spacial score (nSPS) is 29.2. The lowest BCUT2D eigenvalue weighted by Gasteiger charge is -2.32. The molecule has 27 heavy (non-hydrogen) atoms. The maximum absolute atomic E-state index is 5.75. The highest BCUT2D eigenvalue weighted by Crippen LogP contribution is 2.42. The summed E-state index contributed by atoms with van der Waals surface area (Å²) in [7, 11) is 0. The van der Waals surface area contributed by atoms with E-state index < -0.39 is 0 Å². The third-order valence-corrected chi connectivity index (χ3v) is 5.73. The van der Waals surface area contributed by atoms with Crippen molar-refractivity contribution < 1.29 is 4.84 Å². The number of hydrogen-bond acceptors (Lipinski definition) is 3. The zero-order chi connectivity index (χ0) is 19.4. The van der Waals surface area contributed by atoms with Gasteiger partial charge in [0, 0.05) is 18.1 Å². The smallest absolute Gasteiger partial charge is 0.0813 e.